The van der Waals surface area contributed by atoms with E-state index in [1.165, 1.54) is 14.1 Å². The molecule has 2 aliphatic rings. The zero-order chi connectivity index (χ0) is 34.6. The minimum atomic E-state index is -1.87. The number of rotatable bonds is 7. The van der Waals surface area contributed by atoms with E-state index in [2.05, 4.69) is 0 Å². The minimum Gasteiger partial charge on any atom is -0.481 e. The van der Waals surface area contributed by atoms with Crippen molar-refractivity contribution in [3.05, 3.63) is 0 Å². The first-order valence-corrected chi connectivity index (χ1v) is 15.0. The average Bonchev–Trinajstić information content (AvgIpc) is 2.90. The highest BCUT2D eigenvalue weighted by Crippen LogP contribution is 2.32. The Morgan fingerprint density at radius 3 is 1.07 bits per heavy atom. The van der Waals surface area contributed by atoms with E-state index >= 15 is 0 Å². The van der Waals surface area contributed by atoms with Gasteiger partial charge in [-0.15, -0.1) is 0 Å². The van der Waals surface area contributed by atoms with E-state index in [-0.39, 0.29) is 35.6 Å². The molecule has 0 aromatic rings. The lowest BCUT2D eigenvalue weighted by Gasteiger charge is -2.31. The fourth-order valence-corrected chi connectivity index (χ4v) is 4.81. The van der Waals surface area contributed by atoms with Gasteiger partial charge in [0.15, 0.2) is 0 Å². The van der Waals surface area contributed by atoms with Crippen molar-refractivity contribution in [3.63, 3.8) is 0 Å². The Bertz CT molecular complexity index is 867. The Balaban J connectivity index is 0.000000679. The van der Waals surface area contributed by atoms with Crippen LogP contribution in [-0.4, -0.2) is 98.8 Å². The monoisotopic (exact) mass is 633 g/mol. The van der Waals surface area contributed by atoms with Crippen LogP contribution in [0.3, 0.4) is 0 Å². The van der Waals surface area contributed by atoms with Crippen LogP contribution in [0.25, 0.3) is 0 Å². The van der Waals surface area contributed by atoms with E-state index in [0.29, 0.717) is 51.4 Å². The molecule has 0 bridgehead atoms. The molecule has 0 saturated heterocycles. The van der Waals surface area contributed by atoms with Crippen LogP contribution in [0.15, 0.2) is 0 Å². The third-order valence-corrected chi connectivity index (χ3v) is 7.28. The molecule has 0 heterocycles. The predicted octanol–water partition coefficient (Wildman–Crippen LogP) is 1.48. The molecule has 0 aromatic heterocycles. The molecule has 0 aliphatic heterocycles. The first kappa shape index (κ1) is 41.2. The topological polar surface area (TPSA) is 240 Å². The van der Waals surface area contributed by atoms with Crippen molar-refractivity contribution in [2.24, 2.45) is 35.1 Å². The molecule has 256 valence electrons. The molecule has 2 aliphatic carbocycles. The van der Waals surface area contributed by atoms with Crippen LogP contribution in [-0.2, 0) is 33.4 Å². The maximum Gasteiger partial charge on any atom is 0.323 e. The van der Waals surface area contributed by atoms with Crippen molar-refractivity contribution in [1.82, 2.24) is 4.90 Å². The van der Waals surface area contributed by atoms with Crippen molar-refractivity contribution < 1.29 is 53.9 Å². The molecule has 2 atom stereocenters. The number of carbonyl (C=O) groups excluding carboxylic acids is 3. The first-order chi connectivity index (χ1) is 20.0. The summed E-state index contributed by atoms with van der Waals surface area (Å²) in [6.45, 7) is 10.8. The number of aliphatic hydroxyl groups excluding tert-OH is 1. The van der Waals surface area contributed by atoms with Crippen LogP contribution in [0, 0.1) is 23.7 Å². The number of aliphatic carboxylic acids is 2. The fourth-order valence-electron chi connectivity index (χ4n) is 4.81. The molecular weight excluding hydrogens is 578 g/mol. The van der Waals surface area contributed by atoms with Crippen molar-refractivity contribution in [1.29, 1.82) is 0 Å². The first-order valence-electron chi connectivity index (χ1n) is 15.0. The number of carbonyl (C=O) groups is 5. The van der Waals surface area contributed by atoms with E-state index in [4.69, 9.17) is 41.4 Å². The molecule has 2 unspecified atom stereocenters. The van der Waals surface area contributed by atoms with Gasteiger partial charge in [0.05, 0.1) is 11.8 Å². The van der Waals surface area contributed by atoms with Crippen LogP contribution in [0.2, 0.25) is 0 Å². The van der Waals surface area contributed by atoms with Crippen LogP contribution in [0.1, 0.15) is 92.9 Å². The van der Waals surface area contributed by atoms with Gasteiger partial charge in [-0.3, -0.25) is 24.0 Å². The standard InChI is InChI=1S/2C13H23NO4.C4H9NO3/c2*1-13(2,3)18-12(17)10(14)8-4-6-9(7-5-8)11(15)16;1-5(2)3(6)4(7)8/h2*8-10H,4-7,14H2,1-3H3,(H,15,16);4,7-8H,1-2H3/t2*8-,9-,10?;. The molecule has 0 spiro atoms. The molecule has 0 aromatic carbocycles. The summed E-state index contributed by atoms with van der Waals surface area (Å²) in [5.41, 5.74) is 10.7. The third-order valence-electron chi connectivity index (χ3n) is 7.28. The SMILES string of the molecule is CC(C)(C)OC(=O)C(N)[C@H]1CC[C@H](C(=O)O)CC1.CC(C)(C)OC(=O)C(N)[C@H]1CC[C@H](C(=O)O)CC1.CN(C)C(=O)C(O)O. The Morgan fingerprint density at radius 1 is 0.636 bits per heavy atom. The summed E-state index contributed by atoms with van der Waals surface area (Å²) in [5, 5.41) is 34.1. The number of esters is 2. The smallest absolute Gasteiger partial charge is 0.323 e. The van der Waals surface area contributed by atoms with Gasteiger partial charge in [0.25, 0.3) is 5.91 Å². The summed E-state index contributed by atoms with van der Waals surface area (Å²) in [6.07, 6.45) is 3.22. The van der Waals surface area contributed by atoms with Gasteiger partial charge in [0.1, 0.15) is 23.3 Å². The van der Waals surface area contributed by atoms with Gasteiger partial charge in [-0.1, -0.05) is 0 Å². The lowest BCUT2D eigenvalue weighted by molar-refractivity contribution is -0.159. The lowest BCUT2D eigenvalue weighted by Crippen LogP contribution is -2.44. The maximum absolute atomic E-state index is 11.8. The van der Waals surface area contributed by atoms with Crippen molar-refractivity contribution in [3.8, 4) is 0 Å². The molecule has 0 radical (unpaired) electrons. The molecule has 14 nitrogen and oxygen atoms in total. The van der Waals surface area contributed by atoms with Crippen LogP contribution >= 0.6 is 0 Å². The number of carboxylic acid groups (broad SMARTS) is 2. The van der Waals surface area contributed by atoms with E-state index in [9.17, 15) is 24.0 Å². The highest BCUT2D eigenvalue weighted by atomic mass is 16.6. The Hall–Kier alpha value is -2.81. The third kappa shape index (κ3) is 16.3. The second kappa shape index (κ2) is 18.2. The second-order valence-electron chi connectivity index (χ2n) is 13.6. The number of hydrogen-bond acceptors (Lipinski definition) is 11. The molecule has 1 amide bonds. The van der Waals surface area contributed by atoms with Crippen molar-refractivity contribution >= 4 is 29.8 Å². The van der Waals surface area contributed by atoms with Gasteiger partial charge in [-0.25, -0.2) is 0 Å². The maximum atomic E-state index is 11.8. The number of aliphatic hydroxyl groups is 2. The Labute approximate surface area is 260 Å². The molecule has 8 N–H and O–H groups in total. The molecule has 2 rings (SSSR count). The van der Waals surface area contributed by atoms with Gasteiger partial charge in [0.2, 0.25) is 6.29 Å². The number of hydrogen-bond donors (Lipinski definition) is 6. The van der Waals surface area contributed by atoms with Gasteiger partial charge in [-0.2, -0.15) is 0 Å². The summed E-state index contributed by atoms with van der Waals surface area (Å²) in [7, 11) is 2.89. The Morgan fingerprint density at radius 2 is 0.909 bits per heavy atom. The van der Waals surface area contributed by atoms with Gasteiger partial charge in [0, 0.05) is 14.1 Å². The summed E-state index contributed by atoms with van der Waals surface area (Å²) in [5.74, 6) is -3.48. The van der Waals surface area contributed by atoms with E-state index < -0.39 is 47.4 Å². The van der Waals surface area contributed by atoms with E-state index in [1.54, 1.807) is 41.5 Å². The number of carboxylic acids is 2. The summed E-state index contributed by atoms with van der Waals surface area (Å²) in [4.78, 5) is 56.6. The van der Waals surface area contributed by atoms with Crippen molar-refractivity contribution in [2.75, 3.05) is 14.1 Å². The highest BCUT2D eigenvalue weighted by Gasteiger charge is 2.35. The number of amides is 1. The molecule has 2 fully saturated rings. The van der Waals surface area contributed by atoms with Crippen molar-refractivity contribution in [2.45, 2.75) is 122 Å². The highest BCUT2D eigenvalue weighted by molar-refractivity contribution is 5.78. The summed E-state index contributed by atoms with van der Waals surface area (Å²) in [6, 6.07) is -1.28. The Kier molecular flexibility index (Phi) is 17.1. The lowest BCUT2D eigenvalue weighted by atomic mass is 9.79. The number of ether oxygens (including phenoxy) is 2. The van der Waals surface area contributed by atoms with Gasteiger partial charge in [-0.05, 0) is 105 Å². The fraction of sp³-hybridized carbons (Fsp3) is 0.833. The normalized spacial score (nSPS) is 23.4. The zero-order valence-electron chi connectivity index (χ0n) is 27.4. The average molecular weight is 634 g/mol. The zero-order valence-corrected chi connectivity index (χ0v) is 27.4. The van der Waals surface area contributed by atoms with E-state index in [0.717, 1.165) is 4.90 Å². The number of nitrogens with two attached hydrogens (primary N) is 2. The minimum absolute atomic E-state index is 0.0375. The molecule has 44 heavy (non-hydrogen) atoms. The molecule has 2 saturated carbocycles. The van der Waals surface area contributed by atoms with E-state index in [1.807, 2.05) is 0 Å². The quantitative estimate of drug-likeness (QED) is 0.172. The summed E-state index contributed by atoms with van der Waals surface area (Å²) < 4.78 is 10.5. The van der Waals surface area contributed by atoms with Gasteiger partial charge >= 0.3 is 23.9 Å². The largest absolute Gasteiger partial charge is 0.481 e. The predicted molar refractivity (Wildman–Crippen MR) is 161 cm³/mol. The van der Waals surface area contributed by atoms with Crippen LogP contribution in [0.5, 0.6) is 0 Å². The molecular formula is C30H55N3O11. The number of nitrogens with zero attached hydrogens (tertiary/aromatic N) is 1. The van der Waals surface area contributed by atoms with Crippen LogP contribution < -0.4 is 11.5 Å². The second-order valence-corrected chi connectivity index (χ2v) is 13.6. The number of likely N-dealkylation sites (N-methyl/N-ethyl adjacent to an activating group) is 1. The van der Waals surface area contributed by atoms with Gasteiger partial charge < -0.3 is 46.3 Å². The van der Waals surface area contributed by atoms with Crippen LogP contribution in [0.4, 0.5) is 0 Å². The summed E-state index contributed by atoms with van der Waals surface area (Å²) >= 11 is 0. The molecule has 14 heteroatoms.